The molecule has 0 atom stereocenters. The van der Waals surface area contributed by atoms with E-state index in [0.717, 1.165) is 38.0 Å². The molecule has 2 heterocycles. The van der Waals surface area contributed by atoms with Crippen LogP contribution in [0.1, 0.15) is 0 Å². The van der Waals surface area contributed by atoms with Crippen molar-refractivity contribution in [3.63, 3.8) is 0 Å². The van der Waals surface area contributed by atoms with Crippen LogP contribution in [0.2, 0.25) is 0 Å². The minimum atomic E-state index is 0.589. The molecule has 5 aromatic rings. The van der Waals surface area contributed by atoms with Gasteiger partial charge in [-0.2, -0.15) is 0 Å². The van der Waals surface area contributed by atoms with Crippen molar-refractivity contribution in [1.29, 1.82) is 0 Å². The van der Waals surface area contributed by atoms with Crippen molar-refractivity contribution < 1.29 is 4.42 Å². The largest absolute Gasteiger partial charge is 0.435 e. The van der Waals surface area contributed by atoms with Crippen molar-refractivity contribution >= 4 is 27.0 Å². The molecule has 0 saturated carbocycles. The van der Waals surface area contributed by atoms with E-state index < -0.39 is 0 Å². The summed E-state index contributed by atoms with van der Waals surface area (Å²) in [5.74, 6) is 0.589. The van der Waals surface area contributed by atoms with Gasteiger partial charge >= 0.3 is 0 Å². The topological polar surface area (TPSA) is 56.7 Å². The molecule has 0 saturated heterocycles. The summed E-state index contributed by atoms with van der Waals surface area (Å²) in [6, 6.07) is 22.3. The Bertz CT molecular complexity index is 1210. The first-order chi connectivity index (χ1) is 13.3. The summed E-state index contributed by atoms with van der Waals surface area (Å²) in [5, 5.41) is 7.66. The smallest absolute Gasteiger partial charge is 0.227 e. The van der Waals surface area contributed by atoms with Crippen LogP contribution in [-0.4, -0.2) is 19.7 Å². The van der Waals surface area contributed by atoms with Crippen LogP contribution in [0.4, 0.5) is 0 Å². The molecular formula is C21H13BrN4O. The SMILES string of the molecule is Brc1cc(-c2ccccc2)cc2nc(-c3ccc(-n4cnnc4)cc3)oc12. The number of rotatable bonds is 3. The van der Waals surface area contributed by atoms with Gasteiger partial charge < -0.3 is 4.42 Å². The molecule has 27 heavy (non-hydrogen) atoms. The molecule has 0 unspecified atom stereocenters. The third-order valence-electron chi connectivity index (χ3n) is 4.38. The monoisotopic (exact) mass is 416 g/mol. The van der Waals surface area contributed by atoms with Crippen LogP contribution < -0.4 is 0 Å². The zero-order valence-electron chi connectivity index (χ0n) is 14.1. The number of fused-ring (bicyclic) bond motifs is 1. The summed E-state index contributed by atoms with van der Waals surface area (Å²) >= 11 is 3.62. The van der Waals surface area contributed by atoms with Gasteiger partial charge in [0.05, 0.1) is 4.47 Å². The molecule has 0 radical (unpaired) electrons. The molecule has 2 aromatic heterocycles. The van der Waals surface area contributed by atoms with Crippen molar-refractivity contribution in [3.05, 3.63) is 83.9 Å². The standard InChI is InChI=1S/C21H13BrN4O/c22-18-10-16(14-4-2-1-3-5-14)11-19-20(18)27-21(25-19)15-6-8-17(9-7-15)26-12-23-24-13-26/h1-13H. The van der Waals surface area contributed by atoms with E-state index in [4.69, 9.17) is 9.40 Å². The highest BCUT2D eigenvalue weighted by Gasteiger charge is 2.13. The lowest BCUT2D eigenvalue weighted by Gasteiger charge is -2.02. The molecule has 0 aliphatic heterocycles. The Morgan fingerprint density at radius 3 is 2.26 bits per heavy atom. The number of nitrogens with zero attached hydrogens (tertiary/aromatic N) is 4. The van der Waals surface area contributed by atoms with E-state index in [2.05, 4.69) is 44.3 Å². The number of oxazole rings is 1. The molecule has 0 aliphatic rings. The second-order valence-corrected chi connectivity index (χ2v) is 6.96. The minimum Gasteiger partial charge on any atom is -0.435 e. The second kappa shape index (κ2) is 6.48. The third-order valence-corrected chi connectivity index (χ3v) is 4.97. The zero-order valence-corrected chi connectivity index (χ0v) is 15.7. The summed E-state index contributed by atoms with van der Waals surface area (Å²) in [6.07, 6.45) is 3.33. The number of benzene rings is 3. The van der Waals surface area contributed by atoms with E-state index >= 15 is 0 Å². The fraction of sp³-hybridized carbons (Fsp3) is 0. The van der Waals surface area contributed by atoms with Crippen LogP contribution in [0.25, 0.3) is 39.4 Å². The van der Waals surface area contributed by atoms with Crippen molar-refractivity contribution in [2.24, 2.45) is 0 Å². The Morgan fingerprint density at radius 1 is 0.778 bits per heavy atom. The van der Waals surface area contributed by atoms with Gasteiger partial charge in [0, 0.05) is 11.3 Å². The average molecular weight is 417 g/mol. The molecule has 130 valence electrons. The summed E-state index contributed by atoms with van der Waals surface area (Å²) < 4.78 is 8.75. The quantitative estimate of drug-likeness (QED) is 0.389. The van der Waals surface area contributed by atoms with E-state index in [1.807, 2.05) is 53.1 Å². The predicted octanol–water partition coefficient (Wildman–Crippen LogP) is 5.51. The number of halogens is 1. The number of aromatic nitrogens is 4. The normalized spacial score (nSPS) is 11.1. The summed E-state index contributed by atoms with van der Waals surface area (Å²) in [4.78, 5) is 4.69. The van der Waals surface area contributed by atoms with Gasteiger partial charge in [-0.05, 0) is 63.5 Å². The van der Waals surface area contributed by atoms with Gasteiger partial charge in [0.1, 0.15) is 18.2 Å². The molecule has 0 aliphatic carbocycles. The first-order valence-electron chi connectivity index (χ1n) is 8.39. The van der Waals surface area contributed by atoms with Gasteiger partial charge in [-0.3, -0.25) is 4.57 Å². The summed E-state index contributed by atoms with van der Waals surface area (Å²) in [7, 11) is 0. The fourth-order valence-corrected chi connectivity index (χ4v) is 3.55. The third kappa shape index (κ3) is 2.94. The van der Waals surface area contributed by atoms with Crippen molar-refractivity contribution in [1.82, 2.24) is 19.7 Å². The van der Waals surface area contributed by atoms with Gasteiger partial charge in [-0.1, -0.05) is 30.3 Å². The van der Waals surface area contributed by atoms with Crippen molar-refractivity contribution in [2.75, 3.05) is 0 Å². The molecular weight excluding hydrogens is 404 g/mol. The molecule has 0 N–H and O–H groups in total. The fourth-order valence-electron chi connectivity index (χ4n) is 3.02. The highest BCUT2D eigenvalue weighted by Crippen LogP contribution is 2.34. The maximum Gasteiger partial charge on any atom is 0.227 e. The molecule has 3 aromatic carbocycles. The van der Waals surface area contributed by atoms with Crippen LogP contribution >= 0.6 is 15.9 Å². The Hall–Kier alpha value is -3.25. The van der Waals surface area contributed by atoms with E-state index in [1.54, 1.807) is 12.7 Å². The lowest BCUT2D eigenvalue weighted by molar-refractivity contribution is 0.618. The lowest BCUT2D eigenvalue weighted by atomic mass is 10.1. The van der Waals surface area contributed by atoms with E-state index in [1.165, 1.54) is 0 Å². The lowest BCUT2D eigenvalue weighted by Crippen LogP contribution is -1.89. The molecule has 6 heteroatoms. The highest BCUT2D eigenvalue weighted by molar-refractivity contribution is 9.10. The molecule has 0 bridgehead atoms. The van der Waals surface area contributed by atoms with E-state index in [9.17, 15) is 0 Å². The first-order valence-corrected chi connectivity index (χ1v) is 9.18. The maximum atomic E-state index is 6.02. The Kier molecular flexibility index (Phi) is 3.83. The maximum absolute atomic E-state index is 6.02. The molecule has 0 fully saturated rings. The predicted molar refractivity (Wildman–Crippen MR) is 107 cm³/mol. The summed E-state index contributed by atoms with van der Waals surface area (Å²) in [5.41, 5.74) is 5.69. The van der Waals surface area contributed by atoms with Crippen LogP contribution in [0.3, 0.4) is 0 Å². The van der Waals surface area contributed by atoms with Crippen LogP contribution in [0, 0.1) is 0 Å². The van der Waals surface area contributed by atoms with Gasteiger partial charge in [-0.25, -0.2) is 4.98 Å². The van der Waals surface area contributed by atoms with Crippen LogP contribution in [-0.2, 0) is 0 Å². The van der Waals surface area contributed by atoms with E-state index in [0.29, 0.717) is 5.89 Å². The highest BCUT2D eigenvalue weighted by atomic mass is 79.9. The van der Waals surface area contributed by atoms with Gasteiger partial charge in [-0.15, -0.1) is 10.2 Å². The van der Waals surface area contributed by atoms with Gasteiger partial charge in [0.15, 0.2) is 5.58 Å². The first kappa shape index (κ1) is 16.0. The Morgan fingerprint density at radius 2 is 1.52 bits per heavy atom. The molecule has 5 rings (SSSR count). The van der Waals surface area contributed by atoms with Crippen molar-refractivity contribution in [3.8, 4) is 28.3 Å². The van der Waals surface area contributed by atoms with Gasteiger partial charge in [0.25, 0.3) is 0 Å². The summed E-state index contributed by atoms with van der Waals surface area (Å²) in [6.45, 7) is 0. The van der Waals surface area contributed by atoms with Gasteiger partial charge in [0.2, 0.25) is 5.89 Å². The van der Waals surface area contributed by atoms with E-state index in [-0.39, 0.29) is 0 Å². The van der Waals surface area contributed by atoms with Crippen LogP contribution in [0.5, 0.6) is 0 Å². The molecule has 5 nitrogen and oxygen atoms in total. The Balaban J connectivity index is 1.55. The van der Waals surface area contributed by atoms with Crippen molar-refractivity contribution in [2.45, 2.75) is 0 Å². The number of hydrogen-bond donors (Lipinski definition) is 0. The molecule has 0 spiro atoms. The average Bonchev–Trinajstić information content (AvgIpc) is 3.39. The Labute approximate surface area is 163 Å². The number of hydrogen-bond acceptors (Lipinski definition) is 4. The molecule has 0 amide bonds. The second-order valence-electron chi connectivity index (χ2n) is 6.11. The zero-order chi connectivity index (χ0) is 18.2. The minimum absolute atomic E-state index is 0.589. The van der Waals surface area contributed by atoms with Crippen LogP contribution in [0.15, 0.2) is 88.3 Å².